The molecule has 1 aliphatic rings. The molecule has 1 amide bonds. The molecule has 3 N–H and O–H groups in total. The van der Waals surface area contributed by atoms with Gasteiger partial charge in [-0.15, -0.1) is 0 Å². The lowest BCUT2D eigenvalue weighted by molar-refractivity contribution is -0.131. The highest BCUT2D eigenvalue weighted by atomic mass is 19.1. The molecule has 0 saturated carbocycles. The summed E-state index contributed by atoms with van der Waals surface area (Å²) < 4.78 is 17.2. The monoisotopic (exact) mass is 340 g/mol. The van der Waals surface area contributed by atoms with Crippen molar-refractivity contribution in [1.29, 1.82) is 0 Å². The SMILES string of the molecule is CC(=O)N1C[C@H](O)C[C@@H](NCc2ccc(OCCF)cc2)[C@H](O)C1. The van der Waals surface area contributed by atoms with Gasteiger partial charge in [0.2, 0.25) is 5.91 Å². The van der Waals surface area contributed by atoms with Crippen LogP contribution in [0.4, 0.5) is 4.39 Å². The molecule has 2 rings (SSSR count). The molecule has 0 aliphatic carbocycles. The number of β-amino-alcohol motifs (C(OH)–C–C–N with tert-alkyl or cyclic N) is 2. The Balaban J connectivity index is 1.89. The summed E-state index contributed by atoms with van der Waals surface area (Å²) in [6.45, 7) is 1.90. The van der Waals surface area contributed by atoms with Crippen LogP contribution in [0, 0.1) is 0 Å². The molecule has 3 atom stereocenters. The van der Waals surface area contributed by atoms with Crippen molar-refractivity contribution in [2.75, 3.05) is 26.4 Å². The van der Waals surface area contributed by atoms with Crippen molar-refractivity contribution >= 4 is 5.91 Å². The predicted octanol–water partition coefficient (Wildman–Crippen LogP) is 0.467. The molecule has 1 aromatic carbocycles. The van der Waals surface area contributed by atoms with Crippen LogP contribution in [0.2, 0.25) is 0 Å². The highest BCUT2D eigenvalue weighted by molar-refractivity contribution is 5.73. The Hall–Kier alpha value is -1.70. The Morgan fingerprint density at radius 2 is 2.04 bits per heavy atom. The van der Waals surface area contributed by atoms with Gasteiger partial charge in [-0.3, -0.25) is 4.79 Å². The average Bonchev–Trinajstić information content (AvgIpc) is 2.70. The fourth-order valence-electron chi connectivity index (χ4n) is 2.79. The number of halogens is 1. The van der Waals surface area contributed by atoms with Gasteiger partial charge in [-0.25, -0.2) is 4.39 Å². The molecule has 134 valence electrons. The molecule has 0 radical (unpaired) electrons. The summed E-state index contributed by atoms with van der Waals surface area (Å²) in [4.78, 5) is 12.9. The second-order valence-electron chi connectivity index (χ2n) is 6.05. The maximum absolute atomic E-state index is 12.1. The predicted molar refractivity (Wildman–Crippen MR) is 87.4 cm³/mol. The number of rotatable bonds is 6. The van der Waals surface area contributed by atoms with Gasteiger partial charge in [-0.1, -0.05) is 12.1 Å². The summed E-state index contributed by atoms with van der Waals surface area (Å²) in [6.07, 6.45) is -1.03. The minimum atomic E-state index is -0.738. The molecule has 24 heavy (non-hydrogen) atoms. The highest BCUT2D eigenvalue weighted by Crippen LogP contribution is 2.15. The van der Waals surface area contributed by atoms with E-state index in [0.717, 1.165) is 5.56 Å². The van der Waals surface area contributed by atoms with Gasteiger partial charge in [0.15, 0.2) is 0 Å². The van der Waals surface area contributed by atoms with Crippen molar-refractivity contribution in [3.63, 3.8) is 0 Å². The van der Waals surface area contributed by atoms with E-state index in [9.17, 15) is 19.4 Å². The molecule has 1 aromatic rings. The number of carbonyl (C=O) groups excluding carboxylic acids is 1. The zero-order valence-electron chi connectivity index (χ0n) is 13.8. The summed E-state index contributed by atoms with van der Waals surface area (Å²) in [6, 6.07) is 6.96. The number of nitrogens with one attached hydrogen (secondary N) is 1. The van der Waals surface area contributed by atoms with Gasteiger partial charge in [0.25, 0.3) is 0 Å². The van der Waals surface area contributed by atoms with Gasteiger partial charge in [0.1, 0.15) is 19.0 Å². The minimum Gasteiger partial charge on any atom is -0.491 e. The Morgan fingerprint density at radius 1 is 1.33 bits per heavy atom. The van der Waals surface area contributed by atoms with Crippen LogP contribution in [-0.2, 0) is 11.3 Å². The number of amides is 1. The molecule has 1 aliphatic heterocycles. The van der Waals surface area contributed by atoms with Gasteiger partial charge in [-0.05, 0) is 24.1 Å². The van der Waals surface area contributed by atoms with E-state index in [4.69, 9.17) is 4.74 Å². The number of alkyl halides is 1. The van der Waals surface area contributed by atoms with Crippen LogP contribution in [0.1, 0.15) is 18.9 Å². The van der Waals surface area contributed by atoms with Gasteiger partial charge in [0, 0.05) is 32.6 Å². The lowest BCUT2D eigenvalue weighted by atomic mass is 10.0. The van der Waals surface area contributed by atoms with E-state index in [1.807, 2.05) is 12.1 Å². The molecule has 0 bridgehead atoms. The fraction of sp³-hybridized carbons (Fsp3) is 0.588. The normalized spacial score (nSPS) is 24.5. The molecule has 1 heterocycles. The van der Waals surface area contributed by atoms with Crippen LogP contribution in [0.15, 0.2) is 24.3 Å². The summed E-state index contributed by atoms with van der Waals surface area (Å²) in [5, 5.41) is 23.5. The summed E-state index contributed by atoms with van der Waals surface area (Å²) in [5.74, 6) is 0.455. The van der Waals surface area contributed by atoms with Crippen LogP contribution >= 0.6 is 0 Å². The number of carbonyl (C=O) groups is 1. The van der Waals surface area contributed by atoms with Crippen molar-refractivity contribution in [2.45, 2.75) is 38.1 Å². The van der Waals surface area contributed by atoms with Crippen molar-refractivity contribution < 1.29 is 24.1 Å². The van der Waals surface area contributed by atoms with E-state index in [1.165, 1.54) is 11.8 Å². The highest BCUT2D eigenvalue weighted by Gasteiger charge is 2.30. The molecule has 7 heteroatoms. The second kappa shape index (κ2) is 8.96. The third-order valence-corrected chi connectivity index (χ3v) is 4.11. The third kappa shape index (κ3) is 5.43. The maximum Gasteiger partial charge on any atom is 0.219 e. The van der Waals surface area contributed by atoms with Crippen LogP contribution in [0.5, 0.6) is 5.75 Å². The van der Waals surface area contributed by atoms with Crippen LogP contribution < -0.4 is 10.1 Å². The number of hydrogen-bond donors (Lipinski definition) is 3. The first-order valence-corrected chi connectivity index (χ1v) is 8.12. The summed E-state index contributed by atoms with van der Waals surface area (Å²) in [5.41, 5.74) is 0.983. The number of likely N-dealkylation sites (tertiary alicyclic amines) is 1. The Morgan fingerprint density at radius 3 is 2.67 bits per heavy atom. The topological polar surface area (TPSA) is 82.0 Å². The first-order valence-electron chi connectivity index (χ1n) is 8.12. The van der Waals surface area contributed by atoms with Crippen molar-refractivity contribution in [3.8, 4) is 5.75 Å². The third-order valence-electron chi connectivity index (χ3n) is 4.11. The standard InChI is InChI=1S/C17H25FN2O4/c1-12(21)20-10-14(22)8-16(17(23)11-20)19-9-13-2-4-15(5-3-13)24-7-6-18/h2-5,14,16-17,19,22-23H,6-11H2,1H3/t14-,16-,17-/m1/s1. The van der Waals surface area contributed by atoms with Gasteiger partial charge < -0.3 is 25.2 Å². The van der Waals surface area contributed by atoms with Crippen molar-refractivity contribution in [3.05, 3.63) is 29.8 Å². The lowest BCUT2D eigenvalue weighted by Crippen LogP contribution is -2.44. The first kappa shape index (κ1) is 18.6. The zero-order chi connectivity index (χ0) is 17.5. The Kier molecular flexibility index (Phi) is 6.96. The Bertz CT molecular complexity index is 526. The number of benzene rings is 1. The molecule has 0 aromatic heterocycles. The van der Waals surface area contributed by atoms with Crippen LogP contribution in [0.3, 0.4) is 0 Å². The van der Waals surface area contributed by atoms with E-state index < -0.39 is 18.9 Å². The summed E-state index contributed by atoms with van der Waals surface area (Å²) >= 11 is 0. The largest absolute Gasteiger partial charge is 0.491 e. The van der Waals surface area contributed by atoms with E-state index in [2.05, 4.69) is 5.32 Å². The number of aliphatic hydroxyl groups is 2. The molecule has 0 unspecified atom stereocenters. The van der Waals surface area contributed by atoms with Crippen molar-refractivity contribution in [2.24, 2.45) is 0 Å². The van der Waals surface area contributed by atoms with Gasteiger partial charge in [0.05, 0.1) is 12.2 Å². The first-order chi connectivity index (χ1) is 11.5. The lowest BCUT2D eigenvalue weighted by Gasteiger charge is -2.24. The summed E-state index contributed by atoms with van der Waals surface area (Å²) in [7, 11) is 0. The molecule has 1 saturated heterocycles. The minimum absolute atomic E-state index is 0.0381. The fourth-order valence-corrected chi connectivity index (χ4v) is 2.79. The second-order valence-corrected chi connectivity index (χ2v) is 6.05. The van der Waals surface area contributed by atoms with Crippen LogP contribution in [-0.4, -0.2) is 65.6 Å². The van der Waals surface area contributed by atoms with Crippen molar-refractivity contribution in [1.82, 2.24) is 10.2 Å². The van der Waals surface area contributed by atoms with Gasteiger partial charge >= 0.3 is 0 Å². The van der Waals surface area contributed by atoms with E-state index >= 15 is 0 Å². The molecule has 1 fully saturated rings. The van der Waals surface area contributed by atoms with E-state index in [0.29, 0.717) is 18.7 Å². The molecule has 0 spiro atoms. The molecule has 6 nitrogen and oxygen atoms in total. The molecular weight excluding hydrogens is 315 g/mol. The number of ether oxygens (including phenoxy) is 1. The average molecular weight is 340 g/mol. The molecular formula is C17H25FN2O4. The number of nitrogens with zero attached hydrogens (tertiary/aromatic N) is 1. The maximum atomic E-state index is 12.1. The number of hydrogen-bond acceptors (Lipinski definition) is 5. The Labute approximate surface area is 141 Å². The van der Waals surface area contributed by atoms with Gasteiger partial charge in [-0.2, -0.15) is 0 Å². The zero-order valence-corrected chi connectivity index (χ0v) is 13.8. The smallest absolute Gasteiger partial charge is 0.219 e. The quantitative estimate of drug-likeness (QED) is 0.701. The van der Waals surface area contributed by atoms with Crippen LogP contribution in [0.25, 0.3) is 0 Å². The van der Waals surface area contributed by atoms with E-state index in [-0.39, 0.29) is 31.6 Å². The van der Waals surface area contributed by atoms with E-state index in [1.54, 1.807) is 12.1 Å². The number of aliphatic hydroxyl groups excluding tert-OH is 2.